The van der Waals surface area contributed by atoms with Crippen molar-refractivity contribution >= 4 is 5.84 Å². The molecule has 0 fully saturated rings. The van der Waals surface area contributed by atoms with Crippen LogP contribution in [0.25, 0.3) is 0 Å². The SMILES string of the molecule is C=C/N=C(/N)CCC1(C)C=CC[C@@H]1OC. The fourth-order valence-corrected chi connectivity index (χ4v) is 2.03. The molecular weight excluding hydrogens is 188 g/mol. The predicted octanol–water partition coefficient (Wildman–Crippen LogP) is 2.25. The van der Waals surface area contributed by atoms with Crippen LogP contribution in [-0.2, 0) is 4.74 Å². The second-order valence-electron chi connectivity index (χ2n) is 4.17. The van der Waals surface area contributed by atoms with Crippen molar-refractivity contribution < 1.29 is 4.74 Å². The molecule has 15 heavy (non-hydrogen) atoms. The molecule has 0 saturated carbocycles. The van der Waals surface area contributed by atoms with Crippen LogP contribution in [0.1, 0.15) is 26.2 Å². The Hall–Kier alpha value is -1.09. The molecule has 3 nitrogen and oxygen atoms in total. The molecule has 1 aliphatic carbocycles. The van der Waals surface area contributed by atoms with Gasteiger partial charge >= 0.3 is 0 Å². The van der Waals surface area contributed by atoms with Crippen LogP contribution in [0.15, 0.2) is 29.9 Å². The van der Waals surface area contributed by atoms with E-state index in [4.69, 9.17) is 10.5 Å². The Balaban J connectivity index is 2.53. The number of aliphatic imine (C=N–C) groups is 1. The molecule has 0 aromatic heterocycles. The van der Waals surface area contributed by atoms with Crippen LogP contribution in [0.5, 0.6) is 0 Å². The van der Waals surface area contributed by atoms with Gasteiger partial charge in [0.05, 0.1) is 11.9 Å². The highest BCUT2D eigenvalue weighted by Gasteiger charge is 2.34. The van der Waals surface area contributed by atoms with Crippen molar-refractivity contribution in [2.45, 2.75) is 32.3 Å². The van der Waals surface area contributed by atoms with E-state index in [0.717, 1.165) is 19.3 Å². The minimum Gasteiger partial charge on any atom is -0.387 e. The lowest BCUT2D eigenvalue weighted by molar-refractivity contribution is 0.0314. The van der Waals surface area contributed by atoms with Crippen molar-refractivity contribution in [2.24, 2.45) is 16.1 Å². The Morgan fingerprint density at radius 3 is 3.13 bits per heavy atom. The molecule has 2 atom stereocenters. The van der Waals surface area contributed by atoms with Crippen molar-refractivity contribution in [3.8, 4) is 0 Å². The highest BCUT2D eigenvalue weighted by atomic mass is 16.5. The standard InChI is InChI=1S/C12H20N2O/c1-4-14-11(13)7-9-12(2)8-5-6-10(12)15-3/h4-5,8,10H,1,6-7,9H2,2-3H3,(H2,13,14)/t10-,12?/m0/s1. The Labute approximate surface area is 91.7 Å². The second-order valence-corrected chi connectivity index (χ2v) is 4.17. The maximum atomic E-state index is 5.72. The molecule has 1 rings (SSSR count). The number of hydrogen-bond donors (Lipinski definition) is 1. The first-order valence-corrected chi connectivity index (χ1v) is 5.26. The van der Waals surface area contributed by atoms with Gasteiger partial charge in [-0.05, 0) is 12.8 Å². The lowest BCUT2D eigenvalue weighted by Crippen LogP contribution is -2.30. The van der Waals surface area contributed by atoms with Gasteiger partial charge in [0.15, 0.2) is 0 Å². The Morgan fingerprint density at radius 1 is 1.80 bits per heavy atom. The molecule has 0 heterocycles. The van der Waals surface area contributed by atoms with Gasteiger partial charge in [0.25, 0.3) is 0 Å². The number of ether oxygens (including phenoxy) is 1. The van der Waals surface area contributed by atoms with Gasteiger partial charge in [-0.3, -0.25) is 0 Å². The van der Waals surface area contributed by atoms with Crippen LogP contribution < -0.4 is 5.73 Å². The number of nitrogens with two attached hydrogens (primary N) is 1. The summed E-state index contributed by atoms with van der Waals surface area (Å²) >= 11 is 0. The van der Waals surface area contributed by atoms with Gasteiger partial charge in [-0.15, -0.1) is 0 Å². The lowest BCUT2D eigenvalue weighted by Gasteiger charge is -2.29. The smallest absolute Gasteiger partial charge is 0.0989 e. The van der Waals surface area contributed by atoms with Gasteiger partial charge in [-0.1, -0.05) is 25.7 Å². The third kappa shape index (κ3) is 2.93. The molecular formula is C12H20N2O. The Morgan fingerprint density at radius 2 is 2.53 bits per heavy atom. The number of amidine groups is 1. The quantitative estimate of drug-likeness (QED) is 0.428. The van der Waals surface area contributed by atoms with Crippen LogP contribution in [0.3, 0.4) is 0 Å². The monoisotopic (exact) mass is 208 g/mol. The summed E-state index contributed by atoms with van der Waals surface area (Å²) in [6.45, 7) is 5.72. The molecule has 3 heteroatoms. The van der Waals surface area contributed by atoms with Gasteiger partial charge in [0.2, 0.25) is 0 Å². The summed E-state index contributed by atoms with van der Waals surface area (Å²) in [5, 5.41) is 0. The normalized spacial score (nSPS) is 30.8. The van der Waals surface area contributed by atoms with E-state index < -0.39 is 0 Å². The van der Waals surface area contributed by atoms with Crippen LogP contribution in [0.4, 0.5) is 0 Å². The van der Waals surface area contributed by atoms with Crippen LogP contribution >= 0.6 is 0 Å². The lowest BCUT2D eigenvalue weighted by atomic mass is 9.82. The van der Waals surface area contributed by atoms with E-state index in [0.29, 0.717) is 5.84 Å². The molecule has 0 amide bonds. The fraction of sp³-hybridized carbons (Fsp3) is 0.583. The molecule has 0 aromatic carbocycles. The molecule has 84 valence electrons. The highest BCUT2D eigenvalue weighted by Crippen LogP contribution is 2.37. The van der Waals surface area contributed by atoms with Crippen molar-refractivity contribution in [2.75, 3.05) is 7.11 Å². The summed E-state index contributed by atoms with van der Waals surface area (Å²) < 4.78 is 5.46. The number of nitrogens with zero attached hydrogens (tertiary/aromatic N) is 1. The molecule has 1 unspecified atom stereocenters. The molecule has 0 bridgehead atoms. The third-order valence-electron chi connectivity index (χ3n) is 3.05. The van der Waals surface area contributed by atoms with E-state index in [9.17, 15) is 0 Å². The predicted molar refractivity (Wildman–Crippen MR) is 63.7 cm³/mol. The van der Waals surface area contributed by atoms with Gasteiger partial charge < -0.3 is 10.5 Å². The maximum Gasteiger partial charge on any atom is 0.0989 e. The zero-order valence-electron chi connectivity index (χ0n) is 9.57. The maximum absolute atomic E-state index is 5.72. The van der Waals surface area contributed by atoms with Crippen molar-refractivity contribution in [1.82, 2.24) is 0 Å². The van der Waals surface area contributed by atoms with Crippen LogP contribution in [0, 0.1) is 5.41 Å². The van der Waals surface area contributed by atoms with Crippen molar-refractivity contribution in [1.29, 1.82) is 0 Å². The van der Waals surface area contributed by atoms with Crippen molar-refractivity contribution in [3.05, 3.63) is 24.9 Å². The zero-order valence-corrected chi connectivity index (χ0v) is 9.57. The number of hydrogen-bond acceptors (Lipinski definition) is 2. The average molecular weight is 208 g/mol. The molecule has 0 spiro atoms. The minimum atomic E-state index is 0.0933. The first kappa shape index (κ1) is 12.0. The number of rotatable bonds is 5. The summed E-state index contributed by atoms with van der Waals surface area (Å²) in [6.07, 6.45) is 8.89. The molecule has 2 N–H and O–H groups in total. The van der Waals surface area contributed by atoms with Crippen LogP contribution in [0.2, 0.25) is 0 Å². The molecule has 0 saturated heterocycles. The fourth-order valence-electron chi connectivity index (χ4n) is 2.03. The van der Waals surface area contributed by atoms with E-state index in [1.54, 1.807) is 7.11 Å². The largest absolute Gasteiger partial charge is 0.387 e. The first-order chi connectivity index (χ1) is 7.12. The third-order valence-corrected chi connectivity index (χ3v) is 3.05. The van der Waals surface area contributed by atoms with E-state index in [1.807, 2.05) is 0 Å². The van der Waals surface area contributed by atoms with Crippen LogP contribution in [-0.4, -0.2) is 19.0 Å². The van der Waals surface area contributed by atoms with E-state index in [1.165, 1.54) is 6.20 Å². The highest BCUT2D eigenvalue weighted by molar-refractivity contribution is 5.80. The molecule has 1 aliphatic rings. The van der Waals surface area contributed by atoms with Gasteiger partial charge in [0, 0.05) is 25.1 Å². The molecule has 0 aromatic rings. The van der Waals surface area contributed by atoms with Gasteiger partial charge in [-0.2, -0.15) is 0 Å². The van der Waals surface area contributed by atoms with Gasteiger partial charge in [-0.25, -0.2) is 4.99 Å². The summed E-state index contributed by atoms with van der Waals surface area (Å²) in [4.78, 5) is 3.96. The summed E-state index contributed by atoms with van der Waals surface area (Å²) in [5.41, 5.74) is 5.82. The summed E-state index contributed by atoms with van der Waals surface area (Å²) in [6, 6.07) is 0. The molecule has 0 radical (unpaired) electrons. The summed E-state index contributed by atoms with van der Waals surface area (Å²) in [5.74, 6) is 0.640. The van der Waals surface area contributed by atoms with Crippen molar-refractivity contribution in [3.63, 3.8) is 0 Å². The van der Waals surface area contributed by atoms with E-state index in [2.05, 4.69) is 30.6 Å². The Bertz CT molecular complexity index is 283. The first-order valence-electron chi connectivity index (χ1n) is 5.26. The average Bonchev–Trinajstić information content (AvgIpc) is 2.58. The van der Waals surface area contributed by atoms with E-state index >= 15 is 0 Å². The van der Waals surface area contributed by atoms with E-state index in [-0.39, 0.29) is 11.5 Å². The topological polar surface area (TPSA) is 47.6 Å². The number of methoxy groups -OCH3 is 1. The van der Waals surface area contributed by atoms with Gasteiger partial charge in [0.1, 0.15) is 0 Å². The molecule has 0 aliphatic heterocycles. The Kier molecular flexibility index (Phi) is 4.09. The second kappa shape index (κ2) is 5.12. The summed E-state index contributed by atoms with van der Waals surface area (Å²) in [7, 11) is 1.76. The zero-order chi connectivity index (χ0) is 11.3. The minimum absolute atomic E-state index is 0.0933.